The number of anilines is 2. The highest BCUT2D eigenvalue weighted by molar-refractivity contribution is 7.10. The zero-order chi connectivity index (χ0) is 19.7. The van der Waals surface area contributed by atoms with Crippen LogP contribution in [0.1, 0.15) is 27.1 Å². The number of carbonyl (C=O) groups excluding carboxylic acids is 1. The largest absolute Gasteiger partial charge is 0.367 e. The molecule has 3 nitrogen and oxygen atoms in total. The lowest BCUT2D eigenvalue weighted by atomic mass is 10.0. The van der Waals surface area contributed by atoms with Gasteiger partial charge in [-0.3, -0.25) is 4.79 Å². The van der Waals surface area contributed by atoms with Crippen molar-refractivity contribution < 1.29 is 9.18 Å². The molecule has 0 saturated heterocycles. The summed E-state index contributed by atoms with van der Waals surface area (Å²) >= 11 is 1.84. The Morgan fingerprint density at radius 1 is 1.18 bits per heavy atom. The van der Waals surface area contributed by atoms with Crippen molar-refractivity contribution in [1.82, 2.24) is 0 Å². The number of hydrogen-bond donors (Lipinski definition) is 1. The molecule has 0 atom stereocenters. The summed E-state index contributed by atoms with van der Waals surface area (Å²) in [4.78, 5) is 16.3. The van der Waals surface area contributed by atoms with Gasteiger partial charge in [0, 0.05) is 29.3 Å². The lowest BCUT2D eigenvalue weighted by Crippen LogP contribution is -2.29. The molecule has 2 heterocycles. The van der Waals surface area contributed by atoms with E-state index in [1.165, 1.54) is 22.2 Å². The van der Waals surface area contributed by atoms with Crippen LogP contribution in [-0.4, -0.2) is 12.5 Å². The number of halogens is 1. The van der Waals surface area contributed by atoms with Crippen molar-refractivity contribution >= 4 is 28.6 Å². The third-order valence-electron chi connectivity index (χ3n) is 5.26. The molecule has 0 unspecified atom stereocenters. The average Bonchev–Trinajstić information content (AvgIpc) is 3.14. The summed E-state index contributed by atoms with van der Waals surface area (Å²) in [5, 5.41) is 5.14. The van der Waals surface area contributed by atoms with Gasteiger partial charge < -0.3 is 10.2 Å². The fourth-order valence-electron chi connectivity index (χ4n) is 3.79. The summed E-state index contributed by atoms with van der Waals surface area (Å²) in [6, 6.07) is 12.9. The minimum atomic E-state index is -0.348. The molecule has 2 aromatic carbocycles. The Bertz CT molecular complexity index is 1000. The Kier molecular flexibility index (Phi) is 5.18. The van der Waals surface area contributed by atoms with Gasteiger partial charge in [-0.1, -0.05) is 18.2 Å². The fourth-order valence-corrected chi connectivity index (χ4v) is 4.68. The molecule has 5 heteroatoms. The predicted molar refractivity (Wildman–Crippen MR) is 114 cm³/mol. The second-order valence-electron chi connectivity index (χ2n) is 7.31. The quantitative estimate of drug-likeness (QED) is 0.656. The number of rotatable bonds is 4. The van der Waals surface area contributed by atoms with Crippen molar-refractivity contribution in [3.63, 3.8) is 0 Å². The van der Waals surface area contributed by atoms with Crippen LogP contribution in [0.2, 0.25) is 0 Å². The van der Waals surface area contributed by atoms with Crippen molar-refractivity contribution in [2.24, 2.45) is 0 Å². The minimum Gasteiger partial charge on any atom is -0.367 e. The third-order valence-corrected chi connectivity index (χ3v) is 6.29. The Morgan fingerprint density at radius 2 is 1.93 bits per heavy atom. The monoisotopic (exact) mass is 394 g/mol. The number of carbonyl (C=O) groups is 1. The smallest absolute Gasteiger partial charge is 0.228 e. The van der Waals surface area contributed by atoms with Crippen molar-refractivity contribution in [2.45, 2.75) is 33.2 Å². The average molecular weight is 395 g/mol. The second-order valence-corrected chi connectivity index (χ2v) is 8.31. The molecule has 1 aliphatic heterocycles. The molecule has 1 aliphatic rings. The summed E-state index contributed by atoms with van der Waals surface area (Å²) in [6.45, 7) is 5.95. The lowest BCUT2D eigenvalue weighted by molar-refractivity contribution is -0.115. The van der Waals surface area contributed by atoms with Gasteiger partial charge in [-0.2, -0.15) is 0 Å². The Labute approximate surface area is 168 Å². The zero-order valence-corrected chi connectivity index (χ0v) is 16.9. The molecule has 28 heavy (non-hydrogen) atoms. The van der Waals surface area contributed by atoms with Gasteiger partial charge in [-0.25, -0.2) is 4.39 Å². The molecule has 144 valence electrons. The van der Waals surface area contributed by atoms with Gasteiger partial charge in [-0.05, 0) is 72.2 Å². The van der Waals surface area contributed by atoms with Gasteiger partial charge in [0.15, 0.2) is 0 Å². The van der Waals surface area contributed by atoms with Crippen LogP contribution in [0.5, 0.6) is 0 Å². The van der Waals surface area contributed by atoms with Gasteiger partial charge in [0.25, 0.3) is 0 Å². The Morgan fingerprint density at radius 3 is 2.68 bits per heavy atom. The van der Waals surface area contributed by atoms with E-state index in [1.54, 1.807) is 18.2 Å². The predicted octanol–water partition coefficient (Wildman–Crippen LogP) is 5.25. The van der Waals surface area contributed by atoms with E-state index < -0.39 is 0 Å². The van der Waals surface area contributed by atoms with Crippen LogP contribution in [0.15, 0.2) is 47.8 Å². The first-order valence-electron chi connectivity index (χ1n) is 9.46. The van der Waals surface area contributed by atoms with E-state index in [0.29, 0.717) is 5.56 Å². The summed E-state index contributed by atoms with van der Waals surface area (Å²) < 4.78 is 13.8. The molecule has 1 amide bonds. The Balaban J connectivity index is 1.50. The van der Waals surface area contributed by atoms with Crippen molar-refractivity contribution in [1.29, 1.82) is 0 Å². The first kappa shape index (κ1) is 18.7. The normalized spacial score (nSPS) is 13.3. The molecular formula is C23H23FN2OS. The number of nitrogens with one attached hydrogen (secondary N) is 1. The highest BCUT2D eigenvalue weighted by atomic mass is 32.1. The highest BCUT2D eigenvalue weighted by Crippen LogP contribution is 2.32. The molecule has 0 saturated carbocycles. The second kappa shape index (κ2) is 7.76. The molecule has 0 radical (unpaired) electrons. The van der Waals surface area contributed by atoms with Gasteiger partial charge >= 0.3 is 0 Å². The topological polar surface area (TPSA) is 32.3 Å². The summed E-state index contributed by atoms with van der Waals surface area (Å²) in [5.74, 6) is -0.552. The number of aryl methyl sites for hydroxylation is 2. The van der Waals surface area contributed by atoms with E-state index >= 15 is 0 Å². The van der Waals surface area contributed by atoms with Crippen LogP contribution < -0.4 is 10.2 Å². The molecule has 1 N–H and O–H groups in total. The first-order valence-corrected chi connectivity index (χ1v) is 10.3. The third kappa shape index (κ3) is 3.80. The van der Waals surface area contributed by atoms with Crippen LogP contribution in [0.3, 0.4) is 0 Å². The molecule has 0 fully saturated rings. The van der Waals surface area contributed by atoms with Crippen molar-refractivity contribution in [3.8, 4) is 0 Å². The van der Waals surface area contributed by atoms with Gasteiger partial charge in [-0.15, -0.1) is 11.3 Å². The van der Waals surface area contributed by atoms with Gasteiger partial charge in [0.05, 0.1) is 6.42 Å². The lowest BCUT2D eigenvalue weighted by Gasteiger charge is -2.30. The number of fused-ring (bicyclic) bond motifs is 1. The maximum atomic E-state index is 13.8. The van der Waals surface area contributed by atoms with Crippen LogP contribution in [0.4, 0.5) is 15.8 Å². The summed E-state index contributed by atoms with van der Waals surface area (Å²) in [7, 11) is 0. The van der Waals surface area contributed by atoms with E-state index in [4.69, 9.17) is 0 Å². The fraction of sp³-hybridized carbons (Fsp3) is 0.261. The molecule has 1 aromatic heterocycles. The maximum absolute atomic E-state index is 13.8. The maximum Gasteiger partial charge on any atom is 0.228 e. The highest BCUT2D eigenvalue weighted by Gasteiger charge is 2.19. The number of thiophene rings is 1. The van der Waals surface area contributed by atoms with Crippen LogP contribution in [-0.2, 0) is 24.2 Å². The standard InChI is InChI=1S/C23H23FN2OS/c1-15-11-19(26-9-7-21-18(14-26)8-10-28-21)12-16(2)23(15)25-22(27)13-17-5-3-4-6-20(17)24/h3-6,8,10-12H,7,9,13-14H2,1-2H3,(H,25,27). The minimum absolute atomic E-state index is 0.0281. The molecule has 0 aliphatic carbocycles. The van der Waals surface area contributed by atoms with Crippen LogP contribution >= 0.6 is 11.3 Å². The summed E-state index contributed by atoms with van der Waals surface area (Å²) in [6.07, 6.45) is 1.10. The summed E-state index contributed by atoms with van der Waals surface area (Å²) in [5.41, 5.74) is 5.86. The zero-order valence-electron chi connectivity index (χ0n) is 16.1. The van der Waals surface area contributed by atoms with Crippen LogP contribution in [0, 0.1) is 19.7 Å². The number of nitrogens with zero attached hydrogens (tertiary/aromatic N) is 1. The van der Waals surface area contributed by atoms with Crippen molar-refractivity contribution in [2.75, 3.05) is 16.8 Å². The van der Waals surface area contributed by atoms with E-state index in [0.717, 1.165) is 36.3 Å². The van der Waals surface area contributed by atoms with Gasteiger partial charge in [0.1, 0.15) is 5.82 Å². The molecule has 4 rings (SSSR count). The molecule has 3 aromatic rings. The van der Waals surface area contributed by atoms with Gasteiger partial charge in [0.2, 0.25) is 5.91 Å². The van der Waals surface area contributed by atoms with E-state index in [-0.39, 0.29) is 18.1 Å². The molecule has 0 spiro atoms. The molecule has 0 bridgehead atoms. The molecular weight excluding hydrogens is 371 g/mol. The first-order chi connectivity index (χ1) is 13.5. The number of benzene rings is 2. The van der Waals surface area contributed by atoms with Crippen molar-refractivity contribution in [3.05, 3.63) is 80.8 Å². The Hall–Kier alpha value is -2.66. The van der Waals surface area contributed by atoms with Crippen LogP contribution in [0.25, 0.3) is 0 Å². The SMILES string of the molecule is Cc1cc(N2CCc3sccc3C2)cc(C)c1NC(=O)Cc1ccccc1F. The van der Waals surface area contributed by atoms with E-state index in [2.05, 4.69) is 33.8 Å². The number of hydrogen-bond acceptors (Lipinski definition) is 3. The van der Waals surface area contributed by atoms with E-state index in [1.807, 2.05) is 25.2 Å². The number of amides is 1. The van der Waals surface area contributed by atoms with E-state index in [9.17, 15) is 9.18 Å².